The molecule has 3 atom stereocenters. The first-order valence-corrected chi connectivity index (χ1v) is 8.23. The monoisotopic (exact) mass is 309 g/mol. The van der Waals surface area contributed by atoms with Crippen LogP contribution in [0.25, 0.3) is 0 Å². The lowest BCUT2D eigenvalue weighted by molar-refractivity contribution is -0.115. The summed E-state index contributed by atoms with van der Waals surface area (Å²) in [7, 11) is 0. The number of fused-ring (bicyclic) bond motifs is 2. The van der Waals surface area contributed by atoms with E-state index in [9.17, 15) is 4.79 Å². The van der Waals surface area contributed by atoms with E-state index in [-0.39, 0.29) is 11.3 Å². The van der Waals surface area contributed by atoms with E-state index in [1.807, 2.05) is 12.1 Å². The van der Waals surface area contributed by atoms with Gasteiger partial charge in [0.15, 0.2) is 0 Å². The number of hydrogen-bond acceptors (Lipinski definition) is 1. The normalized spacial score (nSPS) is 32.3. The molecule has 4 rings (SSSR count). The predicted molar refractivity (Wildman–Crippen MR) is 81.3 cm³/mol. The lowest BCUT2D eigenvalue weighted by Crippen LogP contribution is -2.03. The third-order valence-electron chi connectivity index (χ3n) is 5.21. The molecule has 0 radical (unpaired) electrons. The maximum atomic E-state index is 11.5. The van der Waals surface area contributed by atoms with Gasteiger partial charge in [0.25, 0.3) is 0 Å². The highest BCUT2D eigenvalue weighted by molar-refractivity contribution is 6.33. The Hall–Kier alpha value is -0.730. The van der Waals surface area contributed by atoms with Crippen molar-refractivity contribution >= 4 is 34.8 Å². The van der Waals surface area contributed by atoms with Crippen LogP contribution >= 0.6 is 23.2 Å². The maximum absolute atomic E-state index is 11.5. The quantitative estimate of drug-likeness (QED) is 0.798. The maximum Gasteiger partial charge on any atom is 0.228 e. The molecule has 2 fully saturated rings. The molecule has 1 amide bonds. The van der Waals surface area contributed by atoms with Crippen LogP contribution in [0.3, 0.4) is 0 Å². The van der Waals surface area contributed by atoms with Gasteiger partial charge in [-0.1, -0.05) is 30.5 Å². The third-order valence-corrected chi connectivity index (χ3v) is 6.06. The zero-order chi connectivity index (χ0) is 13.9. The molecule has 1 aliphatic heterocycles. The van der Waals surface area contributed by atoms with E-state index >= 15 is 0 Å². The molecule has 0 saturated heterocycles. The highest BCUT2D eigenvalue weighted by atomic mass is 35.5. The number of amides is 1. The van der Waals surface area contributed by atoms with Crippen LogP contribution in [0.5, 0.6) is 0 Å². The lowest BCUT2D eigenvalue weighted by atomic mass is 10.0. The van der Waals surface area contributed by atoms with Crippen LogP contribution in [0.15, 0.2) is 12.1 Å². The highest BCUT2D eigenvalue weighted by Crippen LogP contribution is 2.62. The molecule has 2 saturated carbocycles. The largest absolute Gasteiger partial charge is 0.325 e. The minimum Gasteiger partial charge on any atom is -0.325 e. The molecule has 3 aliphatic rings. The summed E-state index contributed by atoms with van der Waals surface area (Å²) in [6.45, 7) is 0. The number of nitrogens with one attached hydrogen (secondary N) is 1. The smallest absolute Gasteiger partial charge is 0.228 e. The molecule has 1 N–H and O–H groups in total. The summed E-state index contributed by atoms with van der Waals surface area (Å²) in [4.78, 5) is 11.5. The van der Waals surface area contributed by atoms with Crippen molar-refractivity contribution in [1.82, 2.24) is 0 Å². The average Bonchev–Trinajstić information content (AvgIpc) is 3.04. The number of alkyl halides is 1. The van der Waals surface area contributed by atoms with Gasteiger partial charge in [-0.15, -0.1) is 11.6 Å². The molecule has 0 aromatic heterocycles. The molecule has 1 aromatic carbocycles. The SMILES string of the molecule is O=C1Cc2cc(C(Cl)C3C4CCCCC43)c(Cl)cc2N1. The van der Waals surface area contributed by atoms with Crippen molar-refractivity contribution in [3.8, 4) is 0 Å². The molecule has 0 bridgehead atoms. The Morgan fingerprint density at radius 3 is 2.60 bits per heavy atom. The number of carbonyl (C=O) groups is 1. The molecule has 20 heavy (non-hydrogen) atoms. The Kier molecular flexibility index (Phi) is 3.01. The van der Waals surface area contributed by atoms with E-state index in [1.165, 1.54) is 25.7 Å². The zero-order valence-corrected chi connectivity index (χ0v) is 12.7. The average molecular weight is 310 g/mol. The van der Waals surface area contributed by atoms with Gasteiger partial charge in [-0.05, 0) is 47.8 Å². The number of benzene rings is 1. The number of carbonyl (C=O) groups excluding carboxylic acids is 1. The first kappa shape index (κ1) is 13.0. The van der Waals surface area contributed by atoms with Crippen LogP contribution in [0.4, 0.5) is 5.69 Å². The van der Waals surface area contributed by atoms with Gasteiger partial charge < -0.3 is 5.32 Å². The molecule has 4 heteroatoms. The van der Waals surface area contributed by atoms with Crippen molar-refractivity contribution in [3.05, 3.63) is 28.3 Å². The molecular formula is C16H17Cl2NO. The Balaban J connectivity index is 1.62. The molecule has 1 heterocycles. The molecule has 2 nitrogen and oxygen atoms in total. The fourth-order valence-corrected chi connectivity index (χ4v) is 5.06. The van der Waals surface area contributed by atoms with Crippen LogP contribution in [0, 0.1) is 17.8 Å². The summed E-state index contributed by atoms with van der Waals surface area (Å²) in [6, 6.07) is 3.90. The van der Waals surface area contributed by atoms with Crippen molar-refractivity contribution in [2.24, 2.45) is 17.8 Å². The van der Waals surface area contributed by atoms with Crippen molar-refractivity contribution in [1.29, 1.82) is 0 Å². The first-order valence-electron chi connectivity index (χ1n) is 7.41. The third kappa shape index (κ3) is 1.96. The van der Waals surface area contributed by atoms with Gasteiger partial charge in [0.1, 0.15) is 0 Å². The van der Waals surface area contributed by atoms with E-state index in [1.54, 1.807) is 0 Å². The van der Waals surface area contributed by atoms with Crippen LogP contribution in [-0.4, -0.2) is 5.91 Å². The van der Waals surface area contributed by atoms with Gasteiger partial charge >= 0.3 is 0 Å². The second-order valence-corrected chi connectivity index (χ2v) is 7.22. The van der Waals surface area contributed by atoms with Crippen LogP contribution in [0.2, 0.25) is 5.02 Å². The summed E-state index contributed by atoms with van der Waals surface area (Å²) < 4.78 is 0. The Morgan fingerprint density at radius 2 is 1.90 bits per heavy atom. The molecule has 0 spiro atoms. The summed E-state index contributed by atoms with van der Waals surface area (Å²) in [5, 5.41) is 3.52. The molecule has 106 valence electrons. The van der Waals surface area contributed by atoms with Crippen molar-refractivity contribution < 1.29 is 4.79 Å². The van der Waals surface area contributed by atoms with Crippen LogP contribution < -0.4 is 5.32 Å². The van der Waals surface area contributed by atoms with E-state index in [0.29, 0.717) is 17.4 Å². The second-order valence-electron chi connectivity index (χ2n) is 6.35. The highest BCUT2D eigenvalue weighted by Gasteiger charge is 2.54. The van der Waals surface area contributed by atoms with E-state index in [2.05, 4.69) is 5.32 Å². The fraction of sp³-hybridized carbons (Fsp3) is 0.562. The predicted octanol–water partition coefficient (Wildman–Crippen LogP) is 4.55. The van der Waals surface area contributed by atoms with Crippen LogP contribution in [0.1, 0.15) is 42.2 Å². The molecule has 3 unspecified atom stereocenters. The van der Waals surface area contributed by atoms with Crippen molar-refractivity contribution in [3.63, 3.8) is 0 Å². The first-order chi connectivity index (χ1) is 9.65. The number of hydrogen-bond donors (Lipinski definition) is 1. The summed E-state index contributed by atoms with van der Waals surface area (Å²) in [5.41, 5.74) is 2.90. The standard InChI is InChI=1S/C16H17Cl2NO/c17-12-7-13-8(6-14(20)19-13)5-11(12)16(18)15-9-3-1-2-4-10(9)15/h5,7,9-10,15-16H,1-4,6H2,(H,19,20). The fourth-order valence-electron chi connectivity index (χ4n) is 4.17. The Labute approximate surface area is 128 Å². The van der Waals surface area contributed by atoms with Crippen LogP contribution in [-0.2, 0) is 11.2 Å². The lowest BCUT2D eigenvalue weighted by Gasteiger charge is -2.13. The van der Waals surface area contributed by atoms with Gasteiger partial charge in [-0.3, -0.25) is 4.79 Å². The number of rotatable bonds is 2. The van der Waals surface area contributed by atoms with Crippen molar-refractivity contribution in [2.45, 2.75) is 37.5 Å². The molecule has 1 aromatic rings. The summed E-state index contributed by atoms with van der Waals surface area (Å²) >= 11 is 13.1. The second kappa shape index (κ2) is 4.64. The van der Waals surface area contributed by atoms with Gasteiger partial charge in [0.05, 0.1) is 11.8 Å². The summed E-state index contributed by atoms with van der Waals surface area (Å²) in [5.74, 6) is 2.23. The van der Waals surface area contributed by atoms with Gasteiger partial charge in [-0.2, -0.15) is 0 Å². The van der Waals surface area contributed by atoms with Crippen molar-refractivity contribution in [2.75, 3.05) is 5.32 Å². The number of anilines is 1. The summed E-state index contributed by atoms with van der Waals surface area (Å²) in [6.07, 6.45) is 5.78. The minimum absolute atomic E-state index is 0.00315. The van der Waals surface area contributed by atoms with Gasteiger partial charge in [-0.25, -0.2) is 0 Å². The Bertz CT molecular complexity index is 574. The topological polar surface area (TPSA) is 29.1 Å². The minimum atomic E-state index is -0.00315. The van der Waals surface area contributed by atoms with E-state index in [0.717, 1.165) is 28.7 Å². The molecule has 2 aliphatic carbocycles. The van der Waals surface area contributed by atoms with Gasteiger partial charge in [0, 0.05) is 10.7 Å². The van der Waals surface area contributed by atoms with E-state index in [4.69, 9.17) is 23.2 Å². The zero-order valence-electron chi connectivity index (χ0n) is 11.2. The molecular weight excluding hydrogens is 293 g/mol. The Morgan fingerprint density at radius 1 is 1.20 bits per heavy atom. The number of halogens is 2. The van der Waals surface area contributed by atoms with E-state index < -0.39 is 0 Å². The van der Waals surface area contributed by atoms with Gasteiger partial charge in [0.2, 0.25) is 5.91 Å².